The van der Waals surface area contributed by atoms with Crippen LogP contribution in [0.3, 0.4) is 0 Å². The van der Waals surface area contributed by atoms with Crippen LogP contribution in [0.4, 0.5) is 0 Å². The number of hydrogen-bond donors (Lipinski definition) is 1. The van der Waals surface area contributed by atoms with E-state index in [9.17, 15) is 9.59 Å². The first-order valence-electron chi connectivity index (χ1n) is 12.6. The largest absolute Gasteiger partial charge is 0.490 e. The number of hydrogen-bond acceptors (Lipinski definition) is 4. The molecule has 0 fully saturated rings. The van der Waals surface area contributed by atoms with Crippen LogP contribution < -0.4 is 4.74 Å². The van der Waals surface area contributed by atoms with E-state index in [1.54, 1.807) is 74.7 Å². The zero-order valence-electron chi connectivity index (χ0n) is 21.9. The van der Waals surface area contributed by atoms with E-state index in [0.29, 0.717) is 36.3 Å². The fraction of sp³-hybridized carbons (Fsp3) is 0.357. The minimum absolute atomic E-state index is 0.111. The van der Waals surface area contributed by atoms with Crippen LogP contribution in [-0.2, 0) is 11.3 Å². The van der Waals surface area contributed by atoms with Gasteiger partial charge in [-0.05, 0) is 70.4 Å². The Balaban J connectivity index is 1.81. The first-order chi connectivity index (χ1) is 17.1. The second kappa shape index (κ2) is 12.1. The minimum Gasteiger partial charge on any atom is -0.490 e. The summed E-state index contributed by atoms with van der Waals surface area (Å²) in [5.74, 6) is -0.207. The lowest BCUT2D eigenvalue weighted by molar-refractivity contribution is -0.137. The average molecular weight is 466 g/mol. The molecule has 1 aromatic heterocycles. The number of unbranched alkanes of at least 4 members (excludes halogenated alkanes) is 1. The Hall–Kier alpha value is -3.54. The molecule has 34 heavy (non-hydrogen) atoms. The van der Waals surface area contributed by atoms with Crippen LogP contribution in [0.5, 0.6) is 5.75 Å². The van der Waals surface area contributed by atoms with Gasteiger partial charge in [-0.15, -0.1) is 0 Å². The third kappa shape index (κ3) is 6.98. The van der Waals surface area contributed by atoms with Crippen LogP contribution in [0, 0.1) is 0 Å². The van der Waals surface area contributed by atoms with Gasteiger partial charge < -0.3 is 19.2 Å². The molecule has 1 amide bonds. The standard InChI is InChI=1S/C28H33NO5/c1-20(2)29(28(32)23-16-14-22(15-17-23)25-12-8-18-33-25)19-24-10-5-6-11-26(24)34-21(3)9-4-7-13-27(30)31/h5-6,8,10-12,14-18,20-21H,4,7,9,13,19H2,1-3H3,(H,30,31)/i19D2. The highest BCUT2D eigenvalue weighted by Gasteiger charge is 2.21. The molecular weight excluding hydrogens is 430 g/mol. The number of para-hydroxylation sites is 1. The summed E-state index contributed by atoms with van der Waals surface area (Å²) in [6.45, 7) is 3.28. The van der Waals surface area contributed by atoms with Gasteiger partial charge in [0.05, 0.1) is 15.1 Å². The van der Waals surface area contributed by atoms with Crippen molar-refractivity contribution < 1.29 is 26.6 Å². The van der Waals surface area contributed by atoms with Crippen LogP contribution in [-0.4, -0.2) is 34.0 Å². The maximum absolute atomic E-state index is 13.5. The highest BCUT2D eigenvalue weighted by atomic mass is 16.5. The van der Waals surface area contributed by atoms with Gasteiger partial charge in [-0.25, -0.2) is 0 Å². The van der Waals surface area contributed by atoms with Crippen molar-refractivity contribution in [3.05, 3.63) is 78.1 Å². The van der Waals surface area contributed by atoms with Gasteiger partial charge in [0.1, 0.15) is 11.5 Å². The third-order valence-corrected chi connectivity index (χ3v) is 5.38. The van der Waals surface area contributed by atoms with Crippen LogP contribution >= 0.6 is 0 Å². The predicted molar refractivity (Wildman–Crippen MR) is 132 cm³/mol. The monoisotopic (exact) mass is 465 g/mol. The van der Waals surface area contributed by atoms with Crippen molar-refractivity contribution in [3.63, 3.8) is 0 Å². The summed E-state index contributed by atoms with van der Waals surface area (Å²) in [6.07, 6.45) is 3.33. The van der Waals surface area contributed by atoms with Crippen molar-refractivity contribution >= 4 is 11.9 Å². The summed E-state index contributed by atoms with van der Waals surface area (Å²) in [6, 6.07) is 16.9. The lowest BCUT2D eigenvalue weighted by Gasteiger charge is -2.28. The summed E-state index contributed by atoms with van der Waals surface area (Å²) in [7, 11) is 0. The summed E-state index contributed by atoms with van der Waals surface area (Å²) < 4.78 is 29.5. The number of nitrogens with zero attached hydrogens (tertiary/aromatic N) is 1. The van der Waals surface area contributed by atoms with Gasteiger partial charge in [0.2, 0.25) is 0 Å². The molecule has 3 aromatic rings. The van der Waals surface area contributed by atoms with Gasteiger partial charge in [0, 0.05) is 35.6 Å². The molecule has 0 spiro atoms. The third-order valence-electron chi connectivity index (χ3n) is 5.38. The zero-order chi connectivity index (χ0) is 26.3. The van der Waals surface area contributed by atoms with Crippen LogP contribution in [0.15, 0.2) is 71.3 Å². The Kier molecular flexibility index (Phi) is 7.90. The lowest BCUT2D eigenvalue weighted by Crippen LogP contribution is -2.36. The Morgan fingerprint density at radius 2 is 1.76 bits per heavy atom. The van der Waals surface area contributed by atoms with Crippen molar-refractivity contribution in [1.29, 1.82) is 0 Å². The molecule has 1 N–H and O–H groups in total. The number of benzene rings is 2. The quantitative estimate of drug-likeness (QED) is 0.313. The van der Waals surface area contributed by atoms with Crippen LogP contribution in [0.1, 0.15) is 65.1 Å². The maximum Gasteiger partial charge on any atom is 0.303 e. The van der Waals surface area contributed by atoms with Gasteiger partial charge in [-0.2, -0.15) is 0 Å². The molecule has 0 saturated heterocycles. The number of furan rings is 1. The van der Waals surface area contributed by atoms with Gasteiger partial charge in [0.25, 0.3) is 5.91 Å². The van der Waals surface area contributed by atoms with Gasteiger partial charge in [-0.1, -0.05) is 30.3 Å². The summed E-state index contributed by atoms with van der Waals surface area (Å²) in [5.41, 5.74) is 1.46. The van der Waals surface area contributed by atoms with Gasteiger partial charge in [-0.3, -0.25) is 9.59 Å². The number of carbonyl (C=O) groups is 2. The molecule has 1 unspecified atom stereocenters. The van der Waals surface area contributed by atoms with Crippen molar-refractivity contribution in [2.24, 2.45) is 0 Å². The lowest BCUT2D eigenvalue weighted by atomic mass is 10.1. The second-order valence-corrected chi connectivity index (χ2v) is 8.50. The molecular formula is C28H33NO5. The summed E-state index contributed by atoms with van der Waals surface area (Å²) in [4.78, 5) is 25.5. The molecule has 6 heteroatoms. The molecule has 0 bridgehead atoms. The van der Waals surface area contributed by atoms with Crippen molar-refractivity contribution in [3.8, 4) is 17.1 Å². The number of ether oxygens (including phenoxy) is 1. The Morgan fingerprint density at radius 1 is 1.03 bits per heavy atom. The van der Waals surface area contributed by atoms with Gasteiger partial charge >= 0.3 is 5.97 Å². The van der Waals surface area contributed by atoms with Crippen molar-refractivity contribution in [2.75, 3.05) is 0 Å². The Bertz CT molecular complexity index is 1140. The highest BCUT2D eigenvalue weighted by molar-refractivity contribution is 5.94. The molecule has 3 rings (SSSR count). The van der Waals surface area contributed by atoms with Crippen molar-refractivity contribution in [1.82, 2.24) is 4.90 Å². The number of carbonyl (C=O) groups excluding carboxylic acids is 1. The average Bonchev–Trinajstić information content (AvgIpc) is 3.37. The molecule has 2 aromatic carbocycles. The first kappa shape index (κ1) is 22.3. The Morgan fingerprint density at radius 3 is 2.41 bits per heavy atom. The van der Waals surface area contributed by atoms with E-state index < -0.39 is 24.4 Å². The fourth-order valence-electron chi connectivity index (χ4n) is 3.55. The zero-order valence-corrected chi connectivity index (χ0v) is 19.9. The molecule has 180 valence electrons. The SMILES string of the molecule is [2H]C([2H])(c1ccccc1OC(C)CCCCC(=O)O)N(C(=O)c1ccc(-c2ccco2)cc1)C(C)C. The molecule has 0 aliphatic heterocycles. The second-order valence-electron chi connectivity index (χ2n) is 8.50. The van der Waals surface area contributed by atoms with E-state index in [4.69, 9.17) is 17.0 Å². The van der Waals surface area contributed by atoms with Crippen LogP contribution in [0.25, 0.3) is 11.3 Å². The number of amides is 1. The van der Waals surface area contributed by atoms with Crippen molar-refractivity contribution in [2.45, 2.75) is 65.1 Å². The van der Waals surface area contributed by atoms with E-state index >= 15 is 0 Å². The molecule has 0 aliphatic carbocycles. The summed E-state index contributed by atoms with van der Waals surface area (Å²) >= 11 is 0. The number of carboxylic acid groups (broad SMARTS) is 1. The molecule has 1 atom stereocenters. The predicted octanol–water partition coefficient (Wildman–Crippen LogP) is 6.41. The maximum atomic E-state index is 13.5. The molecule has 0 saturated carbocycles. The molecule has 0 radical (unpaired) electrons. The highest BCUT2D eigenvalue weighted by Crippen LogP contribution is 2.25. The van der Waals surface area contributed by atoms with E-state index in [1.807, 2.05) is 13.0 Å². The molecule has 0 aliphatic rings. The molecule has 6 nitrogen and oxygen atoms in total. The smallest absolute Gasteiger partial charge is 0.303 e. The molecule has 1 heterocycles. The van der Waals surface area contributed by atoms with Gasteiger partial charge in [0.15, 0.2) is 0 Å². The van der Waals surface area contributed by atoms with E-state index in [1.165, 1.54) is 4.90 Å². The normalized spacial score (nSPS) is 13.2. The van der Waals surface area contributed by atoms with E-state index in [2.05, 4.69) is 0 Å². The topological polar surface area (TPSA) is 80.0 Å². The fourth-order valence-corrected chi connectivity index (χ4v) is 3.55. The van der Waals surface area contributed by atoms with E-state index in [-0.39, 0.29) is 18.1 Å². The number of carboxylic acids is 1. The first-order valence-corrected chi connectivity index (χ1v) is 11.6. The Labute approximate surface area is 204 Å². The number of rotatable bonds is 12. The minimum atomic E-state index is -2.15. The number of aliphatic carboxylic acids is 1. The summed E-state index contributed by atoms with van der Waals surface area (Å²) in [5, 5.41) is 8.81. The van der Waals surface area contributed by atoms with E-state index in [0.717, 1.165) is 5.56 Å². The van der Waals surface area contributed by atoms with Crippen LogP contribution in [0.2, 0.25) is 0 Å².